The van der Waals surface area contributed by atoms with Crippen molar-refractivity contribution >= 4 is 11.9 Å². The van der Waals surface area contributed by atoms with Crippen molar-refractivity contribution in [3.05, 3.63) is 48.6 Å². The van der Waals surface area contributed by atoms with Gasteiger partial charge in [0.25, 0.3) is 0 Å². The molecular formula is C17H21N3O2. The average Bonchev–Trinajstić information content (AvgIpc) is 3.07. The largest absolute Gasteiger partial charge is 0.338 e. The Balaban J connectivity index is 1.52. The summed E-state index contributed by atoms with van der Waals surface area (Å²) in [6, 6.07) is 9.74. The highest BCUT2D eigenvalue weighted by Crippen LogP contribution is 2.32. The lowest BCUT2D eigenvalue weighted by atomic mass is 10.0. The minimum atomic E-state index is -0.0821. The number of benzene rings is 1. The average molecular weight is 299 g/mol. The van der Waals surface area contributed by atoms with E-state index in [0.29, 0.717) is 26.2 Å². The lowest BCUT2D eigenvalue weighted by Gasteiger charge is -2.21. The third kappa shape index (κ3) is 2.84. The van der Waals surface area contributed by atoms with Crippen LogP contribution < -0.4 is 5.32 Å². The number of hydrogen-bond donors (Lipinski definition) is 1. The summed E-state index contributed by atoms with van der Waals surface area (Å²) in [6.07, 6.45) is 1.75. The molecule has 2 atom stereocenters. The summed E-state index contributed by atoms with van der Waals surface area (Å²) in [7, 11) is 0. The van der Waals surface area contributed by atoms with Crippen LogP contribution in [0, 0.1) is 11.8 Å². The van der Waals surface area contributed by atoms with Gasteiger partial charge in [0.05, 0.1) is 5.92 Å². The molecule has 2 aliphatic rings. The molecule has 3 rings (SSSR count). The van der Waals surface area contributed by atoms with Crippen LogP contribution in [0.5, 0.6) is 0 Å². The Morgan fingerprint density at radius 3 is 2.73 bits per heavy atom. The molecule has 2 heterocycles. The molecule has 3 amide bonds. The second-order valence-corrected chi connectivity index (χ2v) is 5.95. The first-order valence-electron chi connectivity index (χ1n) is 7.65. The number of nitrogens with zero attached hydrogens (tertiary/aromatic N) is 2. The van der Waals surface area contributed by atoms with Gasteiger partial charge in [-0.05, 0) is 5.56 Å². The van der Waals surface area contributed by atoms with Crippen LogP contribution in [0.3, 0.4) is 0 Å². The van der Waals surface area contributed by atoms with Crippen LogP contribution in [0.25, 0.3) is 0 Å². The Labute approximate surface area is 130 Å². The van der Waals surface area contributed by atoms with Crippen LogP contribution in [-0.4, -0.2) is 47.9 Å². The maximum absolute atomic E-state index is 12.2. The molecule has 1 aromatic carbocycles. The second-order valence-electron chi connectivity index (χ2n) is 5.95. The Kier molecular flexibility index (Phi) is 4.13. The van der Waals surface area contributed by atoms with E-state index in [0.717, 1.165) is 12.1 Å². The highest BCUT2D eigenvalue weighted by atomic mass is 16.2. The number of nitrogens with one attached hydrogen (secondary N) is 1. The van der Waals surface area contributed by atoms with Crippen molar-refractivity contribution in [1.29, 1.82) is 0 Å². The molecule has 2 saturated heterocycles. The number of rotatable bonds is 4. The van der Waals surface area contributed by atoms with Crippen LogP contribution in [0.15, 0.2) is 43.0 Å². The highest BCUT2D eigenvalue weighted by Gasteiger charge is 2.46. The molecule has 116 valence electrons. The summed E-state index contributed by atoms with van der Waals surface area (Å²) >= 11 is 0. The van der Waals surface area contributed by atoms with Gasteiger partial charge in [0.15, 0.2) is 0 Å². The lowest BCUT2D eigenvalue weighted by molar-refractivity contribution is -0.130. The van der Waals surface area contributed by atoms with Gasteiger partial charge in [-0.3, -0.25) is 4.79 Å². The Morgan fingerprint density at radius 2 is 2.05 bits per heavy atom. The molecular weight excluding hydrogens is 278 g/mol. The van der Waals surface area contributed by atoms with Crippen molar-refractivity contribution in [2.75, 3.05) is 26.2 Å². The quantitative estimate of drug-likeness (QED) is 0.856. The SMILES string of the molecule is C=CCN1C[C@@H]2CN(C(=O)NCc3ccccc3)C[C@@H]2C1=O. The minimum Gasteiger partial charge on any atom is -0.338 e. The van der Waals surface area contributed by atoms with Gasteiger partial charge < -0.3 is 15.1 Å². The summed E-state index contributed by atoms with van der Waals surface area (Å²) in [5, 5.41) is 2.93. The van der Waals surface area contributed by atoms with E-state index in [2.05, 4.69) is 11.9 Å². The summed E-state index contributed by atoms with van der Waals surface area (Å²) < 4.78 is 0. The van der Waals surface area contributed by atoms with Gasteiger partial charge in [-0.1, -0.05) is 36.4 Å². The minimum absolute atomic E-state index is 0.0394. The molecule has 0 saturated carbocycles. The summed E-state index contributed by atoms with van der Waals surface area (Å²) in [5.41, 5.74) is 1.07. The number of amides is 3. The normalized spacial score (nSPS) is 23.5. The molecule has 5 nitrogen and oxygen atoms in total. The lowest BCUT2D eigenvalue weighted by Crippen LogP contribution is -2.41. The van der Waals surface area contributed by atoms with E-state index in [1.807, 2.05) is 35.2 Å². The zero-order valence-corrected chi connectivity index (χ0v) is 12.6. The smallest absolute Gasteiger partial charge is 0.317 e. The third-order valence-electron chi connectivity index (χ3n) is 4.45. The summed E-state index contributed by atoms with van der Waals surface area (Å²) in [4.78, 5) is 28.1. The zero-order valence-electron chi connectivity index (χ0n) is 12.6. The molecule has 2 aliphatic heterocycles. The van der Waals surface area contributed by atoms with E-state index in [1.165, 1.54) is 0 Å². The number of carbonyl (C=O) groups is 2. The van der Waals surface area contributed by atoms with E-state index in [4.69, 9.17) is 0 Å². The molecule has 0 spiro atoms. The summed E-state index contributed by atoms with van der Waals surface area (Å²) in [5.74, 6) is 0.376. The molecule has 0 aliphatic carbocycles. The fraction of sp³-hybridized carbons (Fsp3) is 0.412. The zero-order chi connectivity index (χ0) is 15.5. The van der Waals surface area contributed by atoms with Crippen LogP contribution >= 0.6 is 0 Å². The molecule has 2 fully saturated rings. The van der Waals surface area contributed by atoms with Crippen LogP contribution in [0.2, 0.25) is 0 Å². The van der Waals surface area contributed by atoms with Crippen LogP contribution in [0.1, 0.15) is 5.56 Å². The molecule has 22 heavy (non-hydrogen) atoms. The monoisotopic (exact) mass is 299 g/mol. The Bertz CT molecular complexity index is 573. The van der Waals surface area contributed by atoms with E-state index in [9.17, 15) is 9.59 Å². The van der Waals surface area contributed by atoms with Crippen molar-refractivity contribution in [3.63, 3.8) is 0 Å². The maximum atomic E-state index is 12.2. The third-order valence-corrected chi connectivity index (χ3v) is 4.45. The Hall–Kier alpha value is -2.30. The van der Waals surface area contributed by atoms with E-state index < -0.39 is 0 Å². The van der Waals surface area contributed by atoms with E-state index >= 15 is 0 Å². The first-order chi connectivity index (χ1) is 10.7. The number of likely N-dealkylation sites (tertiary alicyclic amines) is 2. The molecule has 0 aromatic heterocycles. The predicted octanol–water partition coefficient (Wildman–Crippen LogP) is 1.47. The number of hydrogen-bond acceptors (Lipinski definition) is 2. The first-order valence-corrected chi connectivity index (χ1v) is 7.65. The van der Waals surface area contributed by atoms with Crippen LogP contribution in [0.4, 0.5) is 4.79 Å². The standard InChI is InChI=1S/C17H21N3O2/c1-2-8-19-10-14-11-20(12-15(14)16(19)21)17(22)18-9-13-6-4-3-5-7-13/h2-7,14-15H,1,8-12H2,(H,18,22)/t14-,15+/m1/s1. The first kappa shape index (κ1) is 14.6. The van der Waals surface area contributed by atoms with Crippen molar-refractivity contribution in [3.8, 4) is 0 Å². The topological polar surface area (TPSA) is 52.6 Å². The molecule has 1 N–H and O–H groups in total. The van der Waals surface area contributed by atoms with E-state index in [1.54, 1.807) is 11.0 Å². The fourth-order valence-corrected chi connectivity index (χ4v) is 3.32. The Morgan fingerprint density at radius 1 is 1.27 bits per heavy atom. The van der Waals surface area contributed by atoms with Gasteiger partial charge in [0.2, 0.25) is 5.91 Å². The highest BCUT2D eigenvalue weighted by molar-refractivity contribution is 5.84. The van der Waals surface area contributed by atoms with E-state index in [-0.39, 0.29) is 23.8 Å². The van der Waals surface area contributed by atoms with Gasteiger partial charge in [0.1, 0.15) is 0 Å². The number of urea groups is 1. The van der Waals surface area contributed by atoms with Crippen molar-refractivity contribution in [2.24, 2.45) is 11.8 Å². The summed E-state index contributed by atoms with van der Waals surface area (Å²) in [6.45, 7) is 6.72. The molecule has 5 heteroatoms. The maximum Gasteiger partial charge on any atom is 0.317 e. The van der Waals surface area contributed by atoms with Crippen molar-refractivity contribution in [2.45, 2.75) is 6.54 Å². The molecule has 0 bridgehead atoms. The molecule has 0 radical (unpaired) electrons. The van der Waals surface area contributed by atoms with Gasteiger partial charge >= 0.3 is 6.03 Å². The van der Waals surface area contributed by atoms with Crippen LogP contribution in [-0.2, 0) is 11.3 Å². The number of fused-ring (bicyclic) bond motifs is 1. The second kappa shape index (κ2) is 6.22. The van der Waals surface area contributed by atoms with Crippen molar-refractivity contribution < 1.29 is 9.59 Å². The van der Waals surface area contributed by atoms with Gasteiger partial charge in [-0.25, -0.2) is 4.79 Å². The number of carbonyl (C=O) groups excluding carboxylic acids is 2. The van der Waals surface area contributed by atoms with Gasteiger partial charge in [0, 0.05) is 38.6 Å². The molecule has 0 unspecified atom stereocenters. The molecule has 1 aromatic rings. The fourth-order valence-electron chi connectivity index (χ4n) is 3.32. The van der Waals surface area contributed by atoms with Gasteiger partial charge in [-0.15, -0.1) is 6.58 Å². The van der Waals surface area contributed by atoms with Gasteiger partial charge in [-0.2, -0.15) is 0 Å². The predicted molar refractivity (Wildman–Crippen MR) is 84.0 cm³/mol. The van der Waals surface area contributed by atoms with Crippen molar-refractivity contribution in [1.82, 2.24) is 15.1 Å².